The van der Waals surface area contributed by atoms with Crippen LogP contribution in [-0.2, 0) is 0 Å². The van der Waals surface area contributed by atoms with E-state index in [-0.39, 0.29) is 11.7 Å². The Kier molecular flexibility index (Phi) is 3.89. The molecular weight excluding hydrogens is 282 g/mol. The van der Waals surface area contributed by atoms with E-state index >= 15 is 0 Å². The molecule has 1 atom stereocenters. The van der Waals surface area contributed by atoms with Crippen molar-refractivity contribution in [3.05, 3.63) is 94.8 Å². The lowest BCUT2D eigenvalue weighted by Gasteiger charge is -2.18. The molecular formula is C18H14ClNO. The maximum Gasteiger partial charge on any atom is 0.138 e. The molecule has 0 amide bonds. The molecule has 0 bridgehead atoms. The number of nitrogens with zero attached hydrogens (tertiary/aromatic N) is 1. The fraction of sp³-hybridized carbons (Fsp3) is 0.0556. The zero-order valence-electron chi connectivity index (χ0n) is 11.3. The zero-order valence-corrected chi connectivity index (χ0v) is 12.0. The molecule has 0 radical (unpaired) electrons. The molecule has 0 saturated carbocycles. The lowest BCUT2D eigenvalue weighted by Crippen LogP contribution is -2.05. The van der Waals surface area contributed by atoms with E-state index in [0.717, 1.165) is 11.1 Å². The summed E-state index contributed by atoms with van der Waals surface area (Å²) in [5.74, 6) is 0.0750. The van der Waals surface area contributed by atoms with Crippen LogP contribution in [-0.4, -0.2) is 10.1 Å². The third-order valence-electron chi connectivity index (χ3n) is 3.43. The first-order valence-corrected chi connectivity index (χ1v) is 7.08. The molecule has 3 rings (SSSR count). The Morgan fingerprint density at radius 3 is 2.14 bits per heavy atom. The Hall–Kier alpha value is -2.32. The largest absolute Gasteiger partial charge is 0.506 e. The van der Waals surface area contributed by atoms with Crippen LogP contribution in [0, 0.1) is 0 Å². The topological polar surface area (TPSA) is 33.1 Å². The average Bonchev–Trinajstić information content (AvgIpc) is 2.52. The Labute approximate surface area is 128 Å². The average molecular weight is 296 g/mol. The highest BCUT2D eigenvalue weighted by atomic mass is 35.5. The van der Waals surface area contributed by atoms with Gasteiger partial charge >= 0.3 is 0 Å². The van der Waals surface area contributed by atoms with Gasteiger partial charge in [-0.25, -0.2) is 0 Å². The quantitative estimate of drug-likeness (QED) is 0.765. The van der Waals surface area contributed by atoms with Crippen LogP contribution < -0.4 is 0 Å². The molecule has 0 fully saturated rings. The van der Waals surface area contributed by atoms with Gasteiger partial charge in [0.1, 0.15) is 5.75 Å². The molecule has 1 heterocycles. The maximum absolute atomic E-state index is 10.2. The molecule has 1 N–H and O–H groups in total. The normalized spacial score (nSPS) is 12.0. The van der Waals surface area contributed by atoms with Crippen LogP contribution in [0.1, 0.15) is 22.7 Å². The second-order valence-corrected chi connectivity index (χ2v) is 5.24. The van der Waals surface area contributed by atoms with E-state index in [1.165, 1.54) is 0 Å². The third-order valence-corrected chi connectivity index (χ3v) is 3.68. The van der Waals surface area contributed by atoms with Crippen LogP contribution in [0.15, 0.2) is 72.9 Å². The van der Waals surface area contributed by atoms with Gasteiger partial charge in [0.25, 0.3) is 0 Å². The van der Waals surface area contributed by atoms with Crippen molar-refractivity contribution in [3.63, 3.8) is 0 Å². The second-order valence-electron chi connectivity index (χ2n) is 4.80. The lowest BCUT2D eigenvalue weighted by molar-refractivity contribution is 0.463. The molecule has 0 unspecified atom stereocenters. The smallest absolute Gasteiger partial charge is 0.138 e. The van der Waals surface area contributed by atoms with Crippen molar-refractivity contribution >= 4 is 11.6 Å². The SMILES string of the molecule is Oc1cccnc1[C@H](c1ccccc1)c1ccc(Cl)cc1. The Bertz CT molecular complexity index is 726. The van der Waals surface area contributed by atoms with Crippen LogP contribution in [0.5, 0.6) is 5.75 Å². The molecule has 3 heteroatoms. The van der Waals surface area contributed by atoms with Crippen molar-refractivity contribution in [3.8, 4) is 5.75 Å². The van der Waals surface area contributed by atoms with Gasteiger partial charge in [-0.1, -0.05) is 54.1 Å². The number of aromatic hydroxyl groups is 1. The number of hydrogen-bond acceptors (Lipinski definition) is 2. The lowest BCUT2D eigenvalue weighted by atomic mass is 9.88. The fourth-order valence-corrected chi connectivity index (χ4v) is 2.57. The Morgan fingerprint density at radius 2 is 1.48 bits per heavy atom. The number of benzene rings is 2. The summed E-state index contributed by atoms with van der Waals surface area (Å²) in [5, 5.41) is 10.9. The standard InChI is InChI=1S/C18H14ClNO/c19-15-10-8-14(9-11-15)17(13-5-2-1-3-6-13)18-16(21)7-4-12-20-18/h1-12,17,21H/t17-/m1/s1. The molecule has 0 aliphatic heterocycles. The predicted octanol–water partition coefficient (Wildman–Crippen LogP) is 4.62. The fourth-order valence-electron chi connectivity index (χ4n) is 2.44. The summed E-state index contributed by atoms with van der Waals surface area (Å²) in [7, 11) is 0. The first-order chi connectivity index (χ1) is 10.3. The number of hydrogen-bond donors (Lipinski definition) is 1. The van der Waals surface area contributed by atoms with Gasteiger partial charge < -0.3 is 5.11 Å². The van der Waals surface area contributed by atoms with Gasteiger partial charge in [0, 0.05) is 11.2 Å². The summed E-state index contributed by atoms with van der Waals surface area (Å²) in [6, 6.07) is 21.0. The molecule has 0 spiro atoms. The minimum absolute atomic E-state index is 0.121. The molecule has 21 heavy (non-hydrogen) atoms. The van der Waals surface area contributed by atoms with E-state index < -0.39 is 0 Å². The van der Waals surface area contributed by atoms with Crippen molar-refractivity contribution in [1.82, 2.24) is 4.98 Å². The van der Waals surface area contributed by atoms with Gasteiger partial charge in [-0.3, -0.25) is 4.98 Å². The van der Waals surface area contributed by atoms with E-state index in [2.05, 4.69) is 4.98 Å². The van der Waals surface area contributed by atoms with Gasteiger partial charge in [0.05, 0.1) is 11.6 Å². The van der Waals surface area contributed by atoms with E-state index in [9.17, 15) is 5.11 Å². The van der Waals surface area contributed by atoms with Crippen molar-refractivity contribution in [2.75, 3.05) is 0 Å². The minimum atomic E-state index is -0.121. The molecule has 0 aliphatic rings. The van der Waals surface area contributed by atoms with Crippen molar-refractivity contribution in [1.29, 1.82) is 0 Å². The van der Waals surface area contributed by atoms with Crippen molar-refractivity contribution in [2.45, 2.75) is 5.92 Å². The monoisotopic (exact) mass is 295 g/mol. The first-order valence-electron chi connectivity index (χ1n) is 6.70. The molecule has 2 nitrogen and oxygen atoms in total. The van der Waals surface area contributed by atoms with E-state index in [4.69, 9.17) is 11.6 Å². The predicted molar refractivity (Wildman–Crippen MR) is 84.7 cm³/mol. The number of aromatic nitrogens is 1. The minimum Gasteiger partial charge on any atom is -0.506 e. The maximum atomic E-state index is 10.2. The Balaban J connectivity index is 2.16. The van der Waals surface area contributed by atoms with E-state index in [1.807, 2.05) is 54.6 Å². The van der Waals surface area contributed by atoms with E-state index in [1.54, 1.807) is 18.3 Å². The molecule has 1 aromatic heterocycles. The highest BCUT2D eigenvalue weighted by Crippen LogP contribution is 2.35. The van der Waals surface area contributed by atoms with Gasteiger partial charge in [0.2, 0.25) is 0 Å². The molecule has 2 aromatic carbocycles. The van der Waals surface area contributed by atoms with Gasteiger partial charge in [-0.15, -0.1) is 0 Å². The summed E-state index contributed by atoms with van der Waals surface area (Å²) in [6.45, 7) is 0. The number of rotatable bonds is 3. The summed E-state index contributed by atoms with van der Waals surface area (Å²) in [4.78, 5) is 4.37. The number of halogens is 1. The number of pyridine rings is 1. The molecule has 3 aromatic rings. The van der Waals surface area contributed by atoms with Crippen LogP contribution in [0.4, 0.5) is 0 Å². The van der Waals surface area contributed by atoms with Gasteiger partial charge in [0.15, 0.2) is 0 Å². The summed E-state index contributed by atoms with van der Waals surface area (Å²) >= 11 is 5.97. The summed E-state index contributed by atoms with van der Waals surface area (Å²) in [5.41, 5.74) is 2.76. The molecule has 0 aliphatic carbocycles. The van der Waals surface area contributed by atoms with Crippen LogP contribution in [0.3, 0.4) is 0 Å². The summed E-state index contributed by atoms with van der Waals surface area (Å²) in [6.07, 6.45) is 1.70. The van der Waals surface area contributed by atoms with Crippen molar-refractivity contribution in [2.24, 2.45) is 0 Å². The first kappa shape index (κ1) is 13.7. The molecule has 0 saturated heterocycles. The van der Waals surface area contributed by atoms with Crippen LogP contribution in [0.25, 0.3) is 0 Å². The third kappa shape index (κ3) is 2.91. The Morgan fingerprint density at radius 1 is 0.810 bits per heavy atom. The molecule has 104 valence electrons. The van der Waals surface area contributed by atoms with Crippen LogP contribution >= 0.6 is 11.6 Å². The van der Waals surface area contributed by atoms with Crippen LogP contribution in [0.2, 0.25) is 5.02 Å². The highest BCUT2D eigenvalue weighted by molar-refractivity contribution is 6.30. The highest BCUT2D eigenvalue weighted by Gasteiger charge is 2.20. The van der Waals surface area contributed by atoms with Crippen molar-refractivity contribution < 1.29 is 5.11 Å². The van der Waals surface area contributed by atoms with Gasteiger partial charge in [-0.2, -0.15) is 0 Å². The second kappa shape index (κ2) is 5.98. The summed E-state index contributed by atoms with van der Waals surface area (Å²) < 4.78 is 0. The van der Waals surface area contributed by atoms with E-state index in [0.29, 0.717) is 10.7 Å². The zero-order chi connectivity index (χ0) is 14.7. The van der Waals surface area contributed by atoms with Gasteiger partial charge in [-0.05, 0) is 35.4 Å².